The average Bonchev–Trinajstić information content (AvgIpc) is 3.35. The standard InChI is InChI=1S/C63H110O6/c1-4-7-10-13-16-19-22-24-26-28-30-31-32-33-34-36-37-39-41-44-47-50-53-56-62(65)68-59-60(58-67-61(64)55-52-49-46-43-21-18-15-12-9-6-3)69-63(66)57-54-51-48-45-42-40-38-35-29-27-25-23-20-17-14-11-8-5-2/h7,10,16,19,24,26-27,29-31,33-34,60H,4-6,8-9,11-15,17-18,20-23,25,28,32,35-59H2,1-3H3/b10-7-,19-16-,26-24-,29-27-,31-30-,34-33-. The van der Waals surface area contributed by atoms with E-state index in [-0.39, 0.29) is 31.1 Å². The highest BCUT2D eigenvalue weighted by Gasteiger charge is 2.19. The van der Waals surface area contributed by atoms with E-state index >= 15 is 0 Å². The molecule has 0 aliphatic heterocycles. The van der Waals surface area contributed by atoms with E-state index in [4.69, 9.17) is 14.2 Å². The van der Waals surface area contributed by atoms with Crippen molar-refractivity contribution in [2.45, 2.75) is 297 Å². The molecule has 0 bridgehead atoms. The monoisotopic (exact) mass is 963 g/mol. The van der Waals surface area contributed by atoms with Crippen LogP contribution in [0.3, 0.4) is 0 Å². The minimum Gasteiger partial charge on any atom is -0.462 e. The van der Waals surface area contributed by atoms with Crippen LogP contribution >= 0.6 is 0 Å². The van der Waals surface area contributed by atoms with Gasteiger partial charge in [0.2, 0.25) is 0 Å². The second kappa shape index (κ2) is 57.4. The lowest BCUT2D eigenvalue weighted by atomic mass is 10.1. The highest BCUT2D eigenvalue weighted by Crippen LogP contribution is 2.15. The number of esters is 3. The molecule has 0 aliphatic rings. The maximum atomic E-state index is 12.9. The van der Waals surface area contributed by atoms with Crippen LogP contribution in [-0.4, -0.2) is 37.2 Å². The van der Waals surface area contributed by atoms with Gasteiger partial charge in [0.15, 0.2) is 6.10 Å². The highest BCUT2D eigenvalue weighted by atomic mass is 16.6. The number of carbonyl (C=O) groups excluding carboxylic acids is 3. The Balaban J connectivity index is 4.31. The maximum absolute atomic E-state index is 12.9. The van der Waals surface area contributed by atoms with Gasteiger partial charge >= 0.3 is 17.9 Å². The summed E-state index contributed by atoms with van der Waals surface area (Å²) in [6, 6.07) is 0. The van der Waals surface area contributed by atoms with E-state index in [0.29, 0.717) is 19.3 Å². The fraction of sp³-hybridized carbons (Fsp3) is 0.762. The number of carbonyl (C=O) groups is 3. The van der Waals surface area contributed by atoms with Crippen LogP contribution in [-0.2, 0) is 28.6 Å². The summed E-state index contributed by atoms with van der Waals surface area (Å²) >= 11 is 0. The van der Waals surface area contributed by atoms with E-state index in [9.17, 15) is 14.4 Å². The molecule has 0 N–H and O–H groups in total. The number of allylic oxidation sites excluding steroid dienone is 12. The van der Waals surface area contributed by atoms with Gasteiger partial charge in [-0.25, -0.2) is 0 Å². The second-order valence-electron chi connectivity index (χ2n) is 19.5. The Labute approximate surface area is 427 Å². The highest BCUT2D eigenvalue weighted by molar-refractivity contribution is 5.71. The molecule has 0 fully saturated rings. The Morgan fingerprint density at radius 2 is 0.565 bits per heavy atom. The lowest BCUT2D eigenvalue weighted by Gasteiger charge is -2.18. The first-order valence-corrected chi connectivity index (χ1v) is 29.4. The van der Waals surface area contributed by atoms with Gasteiger partial charge in [0, 0.05) is 19.3 Å². The molecule has 0 saturated carbocycles. The molecule has 0 aromatic rings. The molecule has 6 nitrogen and oxygen atoms in total. The van der Waals surface area contributed by atoms with Gasteiger partial charge in [-0.05, 0) is 89.9 Å². The van der Waals surface area contributed by atoms with E-state index < -0.39 is 6.10 Å². The Morgan fingerprint density at radius 1 is 0.304 bits per heavy atom. The smallest absolute Gasteiger partial charge is 0.306 e. The summed E-state index contributed by atoms with van der Waals surface area (Å²) in [5.41, 5.74) is 0. The molecule has 0 radical (unpaired) electrons. The van der Waals surface area contributed by atoms with Crippen molar-refractivity contribution in [1.29, 1.82) is 0 Å². The number of rotatable bonds is 53. The normalized spacial score (nSPS) is 12.6. The lowest BCUT2D eigenvalue weighted by Crippen LogP contribution is -2.30. The van der Waals surface area contributed by atoms with Crippen molar-refractivity contribution in [1.82, 2.24) is 0 Å². The zero-order valence-corrected chi connectivity index (χ0v) is 45.6. The molecule has 0 spiro atoms. The zero-order valence-electron chi connectivity index (χ0n) is 45.6. The van der Waals surface area contributed by atoms with Crippen LogP contribution in [0.4, 0.5) is 0 Å². The second-order valence-corrected chi connectivity index (χ2v) is 19.5. The number of hydrogen-bond donors (Lipinski definition) is 0. The average molecular weight is 964 g/mol. The third-order valence-corrected chi connectivity index (χ3v) is 12.7. The van der Waals surface area contributed by atoms with E-state index in [1.165, 1.54) is 154 Å². The fourth-order valence-electron chi connectivity index (χ4n) is 8.29. The molecular weight excluding hydrogens is 853 g/mol. The predicted molar refractivity (Wildman–Crippen MR) is 298 cm³/mol. The summed E-state index contributed by atoms with van der Waals surface area (Å²) in [6.45, 7) is 6.52. The minimum atomic E-state index is -0.780. The SMILES string of the molecule is CC/C=C\C/C=C\C/C=C\C/C=C\C/C=C\CCCCCCCCCC(=O)OCC(COC(=O)CCCCCCCCCCCC)OC(=O)CCCCCCCCC/C=C\CCCCCCCCC. The third-order valence-electron chi connectivity index (χ3n) is 12.7. The van der Waals surface area contributed by atoms with Crippen LogP contribution in [0.5, 0.6) is 0 Å². The Hall–Kier alpha value is -3.15. The molecule has 398 valence electrons. The molecule has 0 aromatic carbocycles. The number of unbranched alkanes of at least 4 members (excludes halogenated alkanes) is 30. The Morgan fingerprint density at radius 3 is 0.899 bits per heavy atom. The number of ether oxygens (including phenoxy) is 3. The van der Waals surface area contributed by atoms with Crippen molar-refractivity contribution in [2.24, 2.45) is 0 Å². The van der Waals surface area contributed by atoms with Crippen LogP contribution in [0, 0.1) is 0 Å². The van der Waals surface area contributed by atoms with Gasteiger partial charge in [-0.15, -0.1) is 0 Å². The molecule has 1 unspecified atom stereocenters. The van der Waals surface area contributed by atoms with Crippen molar-refractivity contribution in [3.05, 3.63) is 72.9 Å². The molecule has 0 heterocycles. The van der Waals surface area contributed by atoms with Crippen molar-refractivity contribution in [3.8, 4) is 0 Å². The molecular formula is C63H110O6. The van der Waals surface area contributed by atoms with Crippen molar-refractivity contribution in [2.75, 3.05) is 13.2 Å². The number of hydrogen-bond acceptors (Lipinski definition) is 6. The van der Waals surface area contributed by atoms with Crippen LogP contribution in [0.25, 0.3) is 0 Å². The van der Waals surface area contributed by atoms with Gasteiger partial charge in [0.25, 0.3) is 0 Å². The lowest BCUT2D eigenvalue weighted by molar-refractivity contribution is -0.167. The summed E-state index contributed by atoms with van der Waals surface area (Å²) in [4.78, 5) is 38.1. The molecule has 0 rings (SSSR count). The van der Waals surface area contributed by atoms with Gasteiger partial charge in [0.1, 0.15) is 13.2 Å². The first kappa shape index (κ1) is 65.8. The van der Waals surface area contributed by atoms with Crippen molar-refractivity contribution in [3.63, 3.8) is 0 Å². The molecule has 0 saturated heterocycles. The molecule has 0 amide bonds. The van der Waals surface area contributed by atoms with Gasteiger partial charge < -0.3 is 14.2 Å². The van der Waals surface area contributed by atoms with Crippen LogP contribution in [0.15, 0.2) is 72.9 Å². The zero-order chi connectivity index (χ0) is 50.0. The first-order chi connectivity index (χ1) is 34.0. The van der Waals surface area contributed by atoms with E-state index in [2.05, 4.69) is 93.7 Å². The largest absolute Gasteiger partial charge is 0.462 e. The molecule has 6 heteroatoms. The van der Waals surface area contributed by atoms with E-state index in [1.807, 2.05) is 0 Å². The van der Waals surface area contributed by atoms with Gasteiger partial charge in [-0.1, -0.05) is 254 Å². The maximum Gasteiger partial charge on any atom is 0.306 e. The Kier molecular flexibility index (Phi) is 54.8. The summed E-state index contributed by atoms with van der Waals surface area (Å²) in [5, 5.41) is 0. The molecule has 69 heavy (non-hydrogen) atoms. The Bertz CT molecular complexity index is 1290. The minimum absolute atomic E-state index is 0.0784. The summed E-state index contributed by atoms with van der Waals surface area (Å²) in [6.07, 6.45) is 73.2. The van der Waals surface area contributed by atoms with Gasteiger partial charge in [0.05, 0.1) is 0 Å². The van der Waals surface area contributed by atoms with Crippen molar-refractivity contribution >= 4 is 17.9 Å². The van der Waals surface area contributed by atoms with E-state index in [0.717, 1.165) is 96.3 Å². The molecule has 0 aliphatic carbocycles. The van der Waals surface area contributed by atoms with Crippen molar-refractivity contribution < 1.29 is 28.6 Å². The quantitative estimate of drug-likeness (QED) is 0.0262. The van der Waals surface area contributed by atoms with Crippen LogP contribution in [0.2, 0.25) is 0 Å². The fourth-order valence-corrected chi connectivity index (χ4v) is 8.29. The van der Waals surface area contributed by atoms with Gasteiger partial charge in [-0.3, -0.25) is 14.4 Å². The summed E-state index contributed by atoms with van der Waals surface area (Å²) < 4.78 is 16.9. The molecule has 1 atom stereocenters. The van der Waals surface area contributed by atoms with Gasteiger partial charge in [-0.2, -0.15) is 0 Å². The predicted octanol–water partition coefficient (Wildman–Crippen LogP) is 19.8. The summed E-state index contributed by atoms with van der Waals surface area (Å²) in [5.74, 6) is -0.886. The van der Waals surface area contributed by atoms with Crippen LogP contribution in [0.1, 0.15) is 290 Å². The third kappa shape index (κ3) is 55.6. The van der Waals surface area contributed by atoms with Crippen LogP contribution < -0.4 is 0 Å². The first-order valence-electron chi connectivity index (χ1n) is 29.4. The topological polar surface area (TPSA) is 78.9 Å². The molecule has 0 aromatic heterocycles. The summed E-state index contributed by atoms with van der Waals surface area (Å²) in [7, 11) is 0. The van der Waals surface area contributed by atoms with E-state index in [1.54, 1.807) is 0 Å².